The Morgan fingerprint density at radius 1 is 0.246 bits per heavy atom. The summed E-state index contributed by atoms with van der Waals surface area (Å²) in [4.78, 5) is 2.60. The zero-order chi connectivity index (χ0) is 40.9. The SMILES string of the molecule is S=P1(c2ccccc2)c2cc(-c3ccccc3)cc3c2N2c4c1cc(-c1ccccc1)cc4P(=S)(c1ccccc1)c1cc(-c4ccccc4)cc(c12)P3(=S)c1ccccc1. The molecule has 0 aliphatic carbocycles. The van der Waals surface area contributed by atoms with Crippen LogP contribution in [-0.4, -0.2) is 0 Å². The lowest BCUT2D eigenvalue weighted by molar-refractivity contribution is 1.33. The maximum atomic E-state index is 7.52. The highest BCUT2D eigenvalue weighted by molar-refractivity contribution is 8.28. The minimum Gasteiger partial charge on any atom is -0.306 e. The molecule has 0 amide bonds. The number of hydrogen-bond acceptors (Lipinski definition) is 4. The summed E-state index contributed by atoms with van der Waals surface area (Å²) in [5, 5.41) is 10.7. The summed E-state index contributed by atoms with van der Waals surface area (Å²) in [6, 6.07) is 71.2. The molecule has 12 rings (SSSR count). The Balaban J connectivity index is 1.34. The van der Waals surface area contributed by atoms with Gasteiger partial charge in [-0.2, -0.15) is 0 Å². The van der Waals surface area contributed by atoms with Gasteiger partial charge in [0.05, 0.1) is 17.1 Å². The fourth-order valence-electron chi connectivity index (χ4n) is 9.80. The summed E-state index contributed by atoms with van der Waals surface area (Å²) in [7, 11) is 0. The first-order chi connectivity index (χ1) is 29.9. The van der Waals surface area contributed by atoms with Crippen LogP contribution in [-0.2, 0) is 35.4 Å². The third-order valence-electron chi connectivity index (χ3n) is 12.6. The first kappa shape index (κ1) is 37.5. The van der Waals surface area contributed by atoms with Crippen LogP contribution in [0.1, 0.15) is 0 Å². The highest BCUT2D eigenvalue weighted by atomic mass is 32.4. The van der Waals surface area contributed by atoms with Gasteiger partial charge in [-0.3, -0.25) is 0 Å². The van der Waals surface area contributed by atoms with Gasteiger partial charge in [-0.25, -0.2) is 0 Å². The van der Waals surface area contributed by atoms with Crippen LogP contribution in [0.4, 0.5) is 17.1 Å². The third kappa shape index (κ3) is 5.35. The zero-order valence-corrected chi connectivity index (χ0v) is 37.9. The fraction of sp³-hybridized carbons (Fsp3) is 0. The molecule has 0 fully saturated rings. The molecule has 7 heteroatoms. The predicted octanol–water partition coefficient (Wildman–Crippen LogP) is 10.4. The van der Waals surface area contributed by atoms with Gasteiger partial charge in [0.25, 0.3) is 0 Å². The van der Waals surface area contributed by atoms with Crippen LogP contribution in [0.3, 0.4) is 0 Å². The second kappa shape index (κ2) is 14.1. The van der Waals surface area contributed by atoms with Crippen LogP contribution in [0.25, 0.3) is 33.4 Å². The van der Waals surface area contributed by atoms with Gasteiger partial charge in [-0.15, -0.1) is 0 Å². The van der Waals surface area contributed by atoms with E-state index >= 15 is 0 Å². The van der Waals surface area contributed by atoms with Gasteiger partial charge >= 0.3 is 0 Å². The van der Waals surface area contributed by atoms with E-state index in [1.807, 2.05) is 0 Å². The Morgan fingerprint density at radius 2 is 0.443 bits per heavy atom. The smallest absolute Gasteiger partial charge is 0.0644 e. The summed E-state index contributed by atoms with van der Waals surface area (Å²) in [6.45, 7) is 0. The molecule has 0 unspecified atom stereocenters. The zero-order valence-electron chi connectivity index (χ0n) is 32.8. The van der Waals surface area contributed by atoms with Crippen molar-refractivity contribution in [1.82, 2.24) is 0 Å². The number of benzene rings is 9. The van der Waals surface area contributed by atoms with E-state index in [0.29, 0.717) is 0 Å². The van der Waals surface area contributed by atoms with Gasteiger partial charge < -0.3 is 4.90 Å². The molecule has 1 nitrogen and oxygen atoms in total. The molecule has 0 saturated heterocycles. The Labute approximate surface area is 372 Å². The van der Waals surface area contributed by atoms with Crippen LogP contribution in [0.2, 0.25) is 0 Å². The first-order valence-electron chi connectivity index (χ1n) is 20.4. The van der Waals surface area contributed by atoms with E-state index in [-0.39, 0.29) is 0 Å². The van der Waals surface area contributed by atoms with Crippen molar-refractivity contribution in [1.29, 1.82) is 0 Å². The fourth-order valence-corrected chi connectivity index (χ4v) is 22.9. The highest BCUT2D eigenvalue weighted by Crippen LogP contribution is 2.66. The van der Waals surface area contributed by atoms with Crippen molar-refractivity contribution in [2.45, 2.75) is 0 Å². The lowest BCUT2D eigenvalue weighted by Crippen LogP contribution is -2.52. The van der Waals surface area contributed by atoms with Gasteiger partial charge in [-0.05, 0) is 85.7 Å². The summed E-state index contributed by atoms with van der Waals surface area (Å²) >= 11 is 22.6. The summed E-state index contributed by atoms with van der Waals surface area (Å²) in [5.41, 5.74) is 10.4. The molecule has 3 aliphatic heterocycles. The molecular weight excluding hydrogens is 852 g/mol. The molecule has 290 valence electrons. The van der Waals surface area contributed by atoms with E-state index in [1.54, 1.807) is 0 Å². The monoisotopic (exact) mass is 887 g/mol. The minimum absolute atomic E-state index is 1.14. The van der Waals surface area contributed by atoms with E-state index in [2.05, 4.69) is 223 Å². The predicted molar refractivity (Wildman–Crippen MR) is 276 cm³/mol. The molecule has 0 radical (unpaired) electrons. The summed E-state index contributed by atoms with van der Waals surface area (Å²) < 4.78 is 0. The standard InChI is InChI=1S/C54H36NP3S3/c59-56(43-25-13-4-14-26-43)46-31-40(37-19-7-1-8-20-37)32-47-52(46)55-53-48(56)33-41(38-21-9-2-10-22-38)35-50(53)58(61,45-29-17-6-18-30-45)51-36-42(39-23-11-3-12-24-39)34-49(54(51)55)57(47,60)44-27-15-5-16-28-44/h1-36H. The van der Waals surface area contributed by atoms with Crippen molar-refractivity contribution in [3.05, 3.63) is 218 Å². The van der Waals surface area contributed by atoms with E-state index in [9.17, 15) is 0 Å². The van der Waals surface area contributed by atoms with Crippen LogP contribution >= 0.6 is 18.1 Å². The number of anilines is 3. The van der Waals surface area contributed by atoms with Crippen molar-refractivity contribution in [3.8, 4) is 33.4 Å². The largest absolute Gasteiger partial charge is 0.306 e. The molecular formula is C54H36NP3S3. The van der Waals surface area contributed by atoms with Gasteiger partial charge in [-0.1, -0.05) is 217 Å². The lowest BCUT2D eigenvalue weighted by atomic mass is 10.0. The number of nitrogens with zero attached hydrogens (tertiary/aromatic N) is 1. The lowest BCUT2D eigenvalue weighted by Gasteiger charge is -2.52. The summed E-state index contributed by atoms with van der Waals surface area (Å²) in [6.07, 6.45) is 0. The molecule has 0 saturated carbocycles. The number of hydrogen-bond donors (Lipinski definition) is 0. The van der Waals surface area contributed by atoms with E-state index < -0.39 is 18.1 Å². The van der Waals surface area contributed by atoms with Crippen LogP contribution in [0.15, 0.2) is 218 Å². The molecule has 9 aromatic carbocycles. The first-order valence-corrected chi connectivity index (χ1v) is 28.8. The van der Waals surface area contributed by atoms with Crippen LogP contribution in [0.5, 0.6) is 0 Å². The quantitative estimate of drug-likeness (QED) is 0.153. The molecule has 0 atom stereocenters. The van der Waals surface area contributed by atoms with Crippen LogP contribution < -0.4 is 52.6 Å². The molecule has 9 aromatic rings. The van der Waals surface area contributed by atoms with Crippen molar-refractivity contribution in [2.75, 3.05) is 4.90 Å². The van der Waals surface area contributed by atoms with Gasteiger partial charge in [0.2, 0.25) is 0 Å². The van der Waals surface area contributed by atoms with Gasteiger partial charge in [0, 0.05) is 49.9 Å². The van der Waals surface area contributed by atoms with E-state index in [1.165, 1.54) is 47.7 Å². The molecule has 0 N–H and O–H groups in total. The minimum atomic E-state index is -2.81. The Hall–Kier alpha value is -5.27. The maximum absolute atomic E-state index is 7.52. The third-order valence-corrected chi connectivity index (χ3v) is 27.2. The van der Waals surface area contributed by atoms with Crippen molar-refractivity contribution in [2.24, 2.45) is 0 Å². The molecule has 3 aliphatic rings. The average molecular weight is 888 g/mol. The Kier molecular flexibility index (Phi) is 8.69. The van der Waals surface area contributed by atoms with E-state index in [0.717, 1.165) is 50.4 Å². The molecule has 3 heterocycles. The Bertz CT molecular complexity index is 2930. The Morgan fingerprint density at radius 3 is 0.656 bits per heavy atom. The van der Waals surface area contributed by atoms with Gasteiger partial charge in [0.1, 0.15) is 0 Å². The molecule has 61 heavy (non-hydrogen) atoms. The van der Waals surface area contributed by atoms with Crippen molar-refractivity contribution in [3.63, 3.8) is 0 Å². The van der Waals surface area contributed by atoms with Crippen molar-refractivity contribution >= 4 is 118 Å². The number of rotatable bonds is 6. The highest BCUT2D eigenvalue weighted by Gasteiger charge is 2.53. The maximum Gasteiger partial charge on any atom is 0.0644 e. The molecule has 0 bridgehead atoms. The average Bonchev–Trinajstić information content (AvgIpc) is 3.34. The second-order valence-electron chi connectivity index (χ2n) is 15.9. The molecule has 0 aromatic heterocycles. The topological polar surface area (TPSA) is 3.24 Å². The van der Waals surface area contributed by atoms with E-state index in [4.69, 9.17) is 35.4 Å². The summed E-state index contributed by atoms with van der Waals surface area (Å²) in [5.74, 6) is 0. The van der Waals surface area contributed by atoms with Crippen LogP contribution in [0, 0.1) is 0 Å². The van der Waals surface area contributed by atoms with Gasteiger partial charge in [0.15, 0.2) is 0 Å². The molecule has 0 spiro atoms. The second-order valence-corrected chi connectivity index (χ2v) is 28.9. The normalized spacial score (nSPS) is 20.2. The van der Waals surface area contributed by atoms with Crippen molar-refractivity contribution < 1.29 is 0 Å².